The molecule has 0 aliphatic carbocycles. The fraction of sp³-hybridized carbons (Fsp3) is 0.556. The van der Waals surface area contributed by atoms with Crippen LogP contribution in [0.15, 0.2) is 24.3 Å². The largest absolute Gasteiger partial charge is 0.462 e. The van der Waals surface area contributed by atoms with Gasteiger partial charge < -0.3 is 19.9 Å². The van der Waals surface area contributed by atoms with Crippen molar-refractivity contribution in [3.63, 3.8) is 0 Å². The van der Waals surface area contributed by atoms with Crippen molar-refractivity contribution in [3.05, 3.63) is 29.8 Å². The summed E-state index contributed by atoms with van der Waals surface area (Å²) in [6.45, 7) is 7.17. The summed E-state index contributed by atoms with van der Waals surface area (Å²) in [7, 11) is 4.12. The number of amides is 2. The van der Waals surface area contributed by atoms with Gasteiger partial charge in [-0.1, -0.05) is 12.1 Å². The van der Waals surface area contributed by atoms with Crippen LogP contribution in [0.2, 0.25) is 0 Å². The Hall–Kier alpha value is -2.12. The van der Waals surface area contributed by atoms with E-state index < -0.39 is 5.97 Å². The number of esters is 1. The first-order valence-electron chi connectivity index (χ1n) is 8.70. The highest BCUT2D eigenvalue weighted by molar-refractivity contribution is 6.00. The van der Waals surface area contributed by atoms with E-state index in [1.807, 2.05) is 0 Å². The minimum Gasteiger partial charge on any atom is -0.462 e. The van der Waals surface area contributed by atoms with Crippen molar-refractivity contribution in [3.8, 4) is 0 Å². The number of urea groups is 1. The first-order chi connectivity index (χ1) is 12.0. The van der Waals surface area contributed by atoms with Gasteiger partial charge in [0, 0.05) is 39.3 Å². The summed E-state index contributed by atoms with van der Waals surface area (Å²) in [4.78, 5) is 30.8. The van der Waals surface area contributed by atoms with Crippen LogP contribution in [-0.2, 0) is 4.74 Å². The number of piperazine rings is 1. The third kappa shape index (κ3) is 5.72. The average Bonchev–Trinajstić information content (AvgIpc) is 2.61. The van der Waals surface area contributed by atoms with E-state index in [1.165, 1.54) is 0 Å². The lowest BCUT2D eigenvalue weighted by Gasteiger charge is -2.35. The molecule has 2 amide bonds. The summed E-state index contributed by atoms with van der Waals surface area (Å²) in [5.41, 5.74) is 0.864. The Morgan fingerprint density at radius 1 is 1.16 bits per heavy atom. The topological polar surface area (TPSA) is 65.1 Å². The van der Waals surface area contributed by atoms with Crippen LogP contribution in [-0.4, -0.2) is 86.7 Å². The van der Waals surface area contributed by atoms with Gasteiger partial charge in [-0.05, 0) is 33.2 Å². The number of ether oxygens (including phenoxy) is 1. The molecule has 0 atom stereocenters. The third-order valence-electron chi connectivity index (χ3n) is 4.19. The normalized spacial score (nSPS) is 15.3. The lowest BCUT2D eigenvalue weighted by atomic mass is 10.2. The molecule has 138 valence electrons. The van der Waals surface area contributed by atoms with Gasteiger partial charge in [-0.3, -0.25) is 4.90 Å². The van der Waals surface area contributed by atoms with Gasteiger partial charge in [0.25, 0.3) is 0 Å². The Labute approximate surface area is 149 Å². The molecule has 0 unspecified atom stereocenters. The van der Waals surface area contributed by atoms with Gasteiger partial charge >= 0.3 is 12.0 Å². The van der Waals surface area contributed by atoms with E-state index >= 15 is 0 Å². The second-order valence-electron chi connectivity index (χ2n) is 6.33. The predicted octanol–water partition coefficient (Wildman–Crippen LogP) is 1.57. The average molecular weight is 348 g/mol. The van der Waals surface area contributed by atoms with Gasteiger partial charge in [-0.2, -0.15) is 0 Å². The van der Waals surface area contributed by atoms with Crippen LogP contribution in [0.5, 0.6) is 0 Å². The highest BCUT2D eigenvalue weighted by atomic mass is 16.5. The number of anilines is 1. The summed E-state index contributed by atoms with van der Waals surface area (Å²) in [5.74, 6) is -0.424. The van der Waals surface area contributed by atoms with Crippen molar-refractivity contribution in [2.24, 2.45) is 0 Å². The summed E-state index contributed by atoms with van der Waals surface area (Å²) in [6.07, 6.45) is 0. The second kappa shape index (κ2) is 9.39. The molecular formula is C18H28N4O3. The lowest BCUT2D eigenvalue weighted by Crippen LogP contribution is -2.51. The Morgan fingerprint density at radius 3 is 2.48 bits per heavy atom. The van der Waals surface area contributed by atoms with Crippen LogP contribution in [0.1, 0.15) is 17.3 Å². The van der Waals surface area contributed by atoms with Gasteiger partial charge in [0.1, 0.15) is 0 Å². The van der Waals surface area contributed by atoms with Crippen molar-refractivity contribution < 1.29 is 14.3 Å². The molecule has 0 aromatic heterocycles. The first-order valence-corrected chi connectivity index (χ1v) is 8.70. The maximum atomic E-state index is 12.5. The quantitative estimate of drug-likeness (QED) is 0.791. The zero-order valence-corrected chi connectivity index (χ0v) is 15.3. The minimum absolute atomic E-state index is 0.177. The molecule has 1 saturated heterocycles. The molecule has 1 fully saturated rings. The van der Waals surface area contributed by atoms with Crippen molar-refractivity contribution >= 4 is 17.7 Å². The lowest BCUT2D eigenvalue weighted by molar-refractivity contribution is 0.0527. The number of likely N-dealkylation sites (N-methyl/N-ethyl adjacent to an activating group) is 1. The molecule has 1 aromatic carbocycles. The summed E-state index contributed by atoms with van der Waals surface area (Å²) < 4.78 is 5.04. The molecule has 1 aromatic rings. The molecule has 2 rings (SSSR count). The zero-order valence-electron chi connectivity index (χ0n) is 15.3. The number of para-hydroxylation sites is 1. The Morgan fingerprint density at radius 2 is 1.84 bits per heavy atom. The van der Waals surface area contributed by atoms with Gasteiger partial charge in [-0.25, -0.2) is 9.59 Å². The molecular weight excluding hydrogens is 320 g/mol. The van der Waals surface area contributed by atoms with E-state index in [-0.39, 0.29) is 6.03 Å². The van der Waals surface area contributed by atoms with E-state index in [1.54, 1.807) is 36.1 Å². The standard InChI is InChI=1S/C18H28N4O3/c1-4-25-17(23)15-7-5-6-8-16(15)19-18(24)22-13-11-21(12-14-22)10-9-20(2)3/h5-8H,4,9-14H2,1-3H3,(H,19,24). The molecule has 0 saturated carbocycles. The number of benzene rings is 1. The highest BCUT2D eigenvalue weighted by Crippen LogP contribution is 2.17. The van der Waals surface area contributed by atoms with Crippen LogP contribution in [0, 0.1) is 0 Å². The molecule has 0 bridgehead atoms. The summed E-state index contributed by atoms with van der Waals surface area (Å²) in [5, 5.41) is 2.84. The van der Waals surface area contributed by atoms with Gasteiger partial charge in [-0.15, -0.1) is 0 Å². The number of hydrogen-bond donors (Lipinski definition) is 1. The molecule has 1 N–H and O–H groups in total. The van der Waals surface area contributed by atoms with Gasteiger partial charge in [0.15, 0.2) is 0 Å². The van der Waals surface area contributed by atoms with Crippen molar-refractivity contribution in [1.82, 2.24) is 14.7 Å². The maximum absolute atomic E-state index is 12.5. The number of hydrogen-bond acceptors (Lipinski definition) is 5. The SMILES string of the molecule is CCOC(=O)c1ccccc1NC(=O)N1CCN(CCN(C)C)CC1. The van der Waals surface area contributed by atoms with Crippen molar-refractivity contribution in [1.29, 1.82) is 0 Å². The molecule has 1 aliphatic heterocycles. The van der Waals surface area contributed by atoms with Crippen LogP contribution >= 0.6 is 0 Å². The maximum Gasteiger partial charge on any atom is 0.340 e. The van der Waals surface area contributed by atoms with Crippen molar-refractivity contribution in [2.75, 3.05) is 65.3 Å². The Bertz CT molecular complexity index is 583. The minimum atomic E-state index is -0.424. The molecule has 1 aliphatic rings. The number of nitrogens with one attached hydrogen (secondary N) is 1. The molecule has 7 heteroatoms. The van der Waals surface area contributed by atoms with Gasteiger partial charge in [0.2, 0.25) is 0 Å². The fourth-order valence-corrected chi connectivity index (χ4v) is 2.69. The fourth-order valence-electron chi connectivity index (χ4n) is 2.69. The van der Waals surface area contributed by atoms with E-state index in [4.69, 9.17) is 4.74 Å². The number of carbonyl (C=O) groups is 2. The van der Waals surface area contributed by atoms with E-state index in [9.17, 15) is 9.59 Å². The monoisotopic (exact) mass is 348 g/mol. The molecule has 25 heavy (non-hydrogen) atoms. The van der Waals surface area contributed by atoms with Crippen LogP contribution in [0.3, 0.4) is 0 Å². The summed E-state index contributed by atoms with van der Waals surface area (Å²) >= 11 is 0. The number of nitrogens with zero attached hydrogens (tertiary/aromatic N) is 3. The predicted molar refractivity (Wildman–Crippen MR) is 98.0 cm³/mol. The van der Waals surface area contributed by atoms with Crippen LogP contribution in [0.4, 0.5) is 10.5 Å². The van der Waals surface area contributed by atoms with E-state index in [0.717, 1.165) is 26.2 Å². The number of carbonyl (C=O) groups excluding carboxylic acids is 2. The van der Waals surface area contributed by atoms with E-state index in [2.05, 4.69) is 29.2 Å². The second-order valence-corrected chi connectivity index (χ2v) is 6.33. The molecule has 7 nitrogen and oxygen atoms in total. The summed E-state index contributed by atoms with van der Waals surface area (Å²) in [6, 6.07) is 6.75. The Balaban J connectivity index is 1.90. The Kier molecular flexibility index (Phi) is 7.21. The third-order valence-corrected chi connectivity index (χ3v) is 4.19. The molecule has 0 spiro atoms. The van der Waals surface area contributed by atoms with Crippen molar-refractivity contribution in [2.45, 2.75) is 6.92 Å². The molecule has 0 radical (unpaired) electrons. The highest BCUT2D eigenvalue weighted by Gasteiger charge is 2.22. The number of rotatable bonds is 6. The smallest absolute Gasteiger partial charge is 0.340 e. The first kappa shape index (κ1) is 19.2. The van der Waals surface area contributed by atoms with Crippen LogP contribution in [0.25, 0.3) is 0 Å². The van der Waals surface area contributed by atoms with E-state index in [0.29, 0.717) is 30.9 Å². The zero-order chi connectivity index (χ0) is 18.2. The van der Waals surface area contributed by atoms with Gasteiger partial charge in [0.05, 0.1) is 17.9 Å². The molecule has 1 heterocycles. The van der Waals surface area contributed by atoms with Crippen LogP contribution < -0.4 is 5.32 Å².